The van der Waals surface area contributed by atoms with E-state index in [1.165, 1.54) is 0 Å². The molecule has 0 radical (unpaired) electrons. The molecule has 1 N–H and O–H groups in total. The van der Waals surface area contributed by atoms with Gasteiger partial charge in [-0.1, -0.05) is 0 Å². The van der Waals surface area contributed by atoms with Crippen LogP contribution in [0, 0.1) is 0 Å². The third-order valence-corrected chi connectivity index (χ3v) is 2.70. The van der Waals surface area contributed by atoms with E-state index in [4.69, 9.17) is 0 Å². The molecule has 0 aromatic heterocycles. The minimum absolute atomic E-state index is 0.0178. The van der Waals surface area contributed by atoms with Crippen molar-refractivity contribution >= 4 is 0 Å². The molecule has 0 bridgehead atoms. The predicted octanol–water partition coefficient (Wildman–Crippen LogP) is 1.49. The highest BCUT2D eigenvalue weighted by Gasteiger charge is 2.37. The highest BCUT2D eigenvalue weighted by Crippen LogP contribution is 2.27. The van der Waals surface area contributed by atoms with Crippen LogP contribution in [-0.2, 0) is 0 Å². The molecule has 0 aliphatic carbocycles. The molecule has 1 aliphatic heterocycles. The summed E-state index contributed by atoms with van der Waals surface area (Å²) in [6, 6.07) is -0.175. The molecule has 1 rings (SSSR count). The molecular weight excluding hydrogens is 176 g/mol. The molecule has 1 fully saturated rings. The molecule has 13 heavy (non-hydrogen) atoms. The number of hydrogen-bond donors (Lipinski definition) is 1. The fraction of sp³-hybridized carbons (Fsp3) is 1.00. The van der Waals surface area contributed by atoms with Gasteiger partial charge in [-0.15, -0.1) is 0 Å². The molecule has 2 atom stereocenters. The van der Waals surface area contributed by atoms with Gasteiger partial charge in [-0.3, -0.25) is 4.90 Å². The average Bonchev–Trinajstić information content (AvgIpc) is 2.01. The number of piperidine rings is 1. The second kappa shape index (κ2) is 3.88. The van der Waals surface area contributed by atoms with Crippen molar-refractivity contribution < 1.29 is 13.9 Å². The van der Waals surface area contributed by atoms with Crippen LogP contribution < -0.4 is 0 Å². The SMILES string of the molecule is CC(O)C(C)N1CCCC(F)(F)C1. The largest absolute Gasteiger partial charge is 0.392 e. The summed E-state index contributed by atoms with van der Waals surface area (Å²) in [6.07, 6.45) is -0.0472. The summed E-state index contributed by atoms with van der Waals surface area (Å²) in [6.45, 7) is 3.88. The quantitative estimate of drug-likeness (QED) is 0.718. The van der Waals surface area contributed by atoms with E-state index in [0.717, 1.165) is 0 Å². The molecule has 2 unspecified atom stereocenters. The Morgan fingerprint density at radius 3 is 2.46 bits per heavy atom. The van der Waals surface area contributed by atoms with Crippen molar-refractivity contribution in [2.75, 3.05) is 13.1 Å². The first-order valence-electron chi connectivity index (χ1n) is 4.72. The number of nitrogens with zero attached hydrogens (tertiary/aromatic N) is 1. The summed E-state index contributed by atoms with van der Waals surface area (Å²) in [7, 11) is 0. The van der Waals surface area contributed by atoms with Crippen molar-refractivity contribution in [2.45, 2.75) is 44.8 Å². The highest BCUT2D eigenvalue weighted by atomic mass is 19.3. The highest BCUT2D eigenvalue weighted by molar-refractivity contribution is 4.83. The summed E-state index contributed by atoms with van der Waals surface area (Å²) >= 11 is 0. The molecule has 78 valence electrons. The molecule has 0 saturated carbocycles. The lowest BCUT2D eigenvalue weighted by Crippen LogP contribution is -2.50. The normalized spacial score (nSPS) is 28.4. The fourth-order valence-electron chi connectivity index (χ4n) is 1.65. The molecule has 1 saturated heterocycles. The number of aliphatic hydroxyl groups excluding tert-OH is 1. The van der Waals surface area contributed by atoms with E-state index in [1.54, 1.807) is 18.7 Å². The monoisotopic (exact) mass is 193 g/mol. The van der Waals surface area contributed by atoms with Gasteiger partial charge in [0.05, 0.1) is 12.6 Å². The van der Waals surface area contributed by atoms with Crippen LogP contribution in [0.3, 0.4) is 0 Å². The van der Waals surface area contributed by atoms with Crippen LogP contribution in [0.25, 0.3) is 0 Å². The molecule has 1 heterocycles. The van der Waals surface area contributed by atoms with Gasteiger partial charge in [0, 0.05) is 12.5 Å². The van der Waals surface area contributed by atoms with Crippen LogP contribution in [0.1, 0.15) is 26.7 Å². The van der Waals surface area contributed by atoms with Gasteiger partial charge in [0.1, 0.15) is 0 Å². The Balaban J connectivity index is 2.51. The van der Waals surface area contributed by atoms with Gasteiger partial charge in [0.25, 0.3) is 5.92 Å². The van der Waals surface area contributed by atoms with E-state index in [-0.39, 0.29) is 19.0 Å². The zero-order valence-electron chi connectivity index (χ0n) is 8.13. The summed E-state index contributed by atoms with van der Waals surface area (Å²) < 4.78 is 25.9. The molecule has 0 amide bonds. The van der Waals surface area contributed by atoms with E-state index >= 15 is 0 Å². The molecule has 0 aromatic rings. The van der Waals surface area contributed by atoms with E-state index in [9.17, 15) is 13.9 Å². The Morgan fingerprint density at radius 2 is 2.00 bits per heavy atom. The maximum atomic E-state index is 13.0. The maximum absolute atomic E-state index is 13.0. The van der Waals surface area contributed by atoms with Crippen LogP contribution in [0.15, 0.2) is 0 Å². The second-order valence-corrected chi connectivity index (χ2v) is 3.91. The number of hydrogen-bond acceptors (Lipinski definition) is 2. The minimum atomic E-state index is -2.57. The Labute approximate surface area is 77.5 Å². The average molecular weight is 193 g/mol. The van der Waals surface area contributed by atoms with Crippen molar-refractivity contribution in [1.29, 1.82) is 0 Å². The number of aliphatic hydroxyl groups is 1. The Hall–Kier alpha value is -0.220. The van der Waals surface area contributed by atoms with Gasteiger partial charge in [0.2, 0.25) is 0 Å². The van der Waals surface area contributed by atoms with Gasteiger partial charge in [-0.05, 0) is 26.8 Å². The first kappa shape index (κ1) is 10.9. The first-order chi connectivity index (χ1) is 5.92. The van der Waals surface area contributed by atoms with E-state index in [1.807, 2.05) is 0 Å². The van der Waals surface area contributed by atoms with Crippen LogP contribution in [0.4, 0.5) is 8.78 Å². The van der Waals surface area contributed by atoms with E-state index in [2.05, 4.69) is 0 Å². The van der Waals surface area contributed by atoms with E-state index in [0.29, 0.717) is 13.0 Å². The number of halogens is 2. The zero-order valence-corrected chi connectivity index (χ0v) is 8.13. The second-order valence-electron chi connectivity index (χ2n) is 3.91. The molecule has 2 nitrogen and oxygen atoms in total. The van der Waals surface area contributed by atoms with Gasteiger partial charge in [0.15, 0.2) is 0 Å². The van der Waals surface area contributed by atoms with Crippen molar-refractivity contribution in [3.8, 4) is 0 Å². The lowest BCUT2D eigenvalue weighted by Gasteiger charge is -2.37. The van der Waals surface area contributed by atoms with E-state index < -0.39 is 12.0 Å². The van der Waals surface area contributed by atoms with Crippen LogP contribution in [0.5, 0.6) is 0 Å². The number of likely N-dealkylation sites (tertiary alicyclic amines) is 1. The first-order valence-corrected chi connectivity index (χ1v) is 4.72. The Kier molecular flexibility index (Phi) is 3.24. The maximum Gasteiger partial charge on any atom is 0.260 e. The van der Waals surface area contributed by atoms with Crippen molar-refractivity contribution in [1.82, 2.24) is 4.90 Å². The molecule has 1 aliphatic rings. The minimum Gasteiger partial charge on any atom is -0.392 e. The molecule has 0 aromatic carbocycles. The van der Waals surface area contributed by atoms with Crippen LogP contribution in [0.2, 0.25) is 0 Å². The Bertz CT molecular complexity index is 173. The summed E-state index contributed by atoms with van der Waals surface area (Å²) in [5.74, 6) is -2.57. The molecule has 4 heteroatoms. The van der Waals surface area contributed by atoms with Crippen LogP contribution >= 0.6 is 0 Å². The smallest absolute Gasteiger partial charge is 0.260 e. The predicted molar refractivity (Wildman–Crippen MR) is 46.9 cm³/mol. The third kappa shape index (κ3) is 2.88. The topological polar surface area (TPSA) is 23.5 Å². The standard InChI is InChI=1S/C9H17F2NO/c1-7(8(2)13)12-5-3-4-9(10,11)6-12/h7-8,13H,3-6H2,1-2H3. The lowest BCUT2D eigenvalue weighted by molar-refractivity contribution is -0.0848. The fourth-order valence-corrected chi connectivity index (χ4v) is 1.65. The Morgan fingerprint density at radius 1 is 1.38 bits per heavy atom. The summed E-state index contributed by atoms with van der Waals surface area (Å²) in [4.78, 5) is 1.66. The number of alkyl halides is 2. The molecular formula is C9H17F2NO. The van der Waals surface area contributed by atoms with Gasteiger partial charge >= 0.3 is 0 Å². The summed E-state index contributed by atoms with van der Waals surface area (Å²) in [5.41, 5.74) is 0. The lowest BCUT2D eigenvalue weighted by atomic mass is 10.0. The summed E-state index contributed by atoms with van der Waals surface area (Å²) in [5, 5.41) is 9.26. The van der Waals surface area contributed by atoms with Gasteiger partial charge in [-0.25, -0.2) is 8.78 Å². The molecule has 0 spiro atoms. The third-order valence-electron chi connectivity index (χ3n) is 2.70. The zero-order chi connectivity index (χ0) is 10.1. The van der Waals surface area contributed by atoms with Crippen molar-refractivity contribution in [3.63, 3.8) is 0 Å². The van der Waals surface area contributed by atoms with Gasteiger partial charge in [-0.2, -0.15) is 0 Å². The van der Waals surface area contributed by atoms with Gasteiger partial charge < -0.3 is 5.11 Å². The van der Waals surface area contributed by atoms with Crippen LogP contribution in [-0.4, -0.2) is 41.2 Å². The van der Waals surface area contributed by atoms with Crippen molar-refractivity contribution in [2.24, 2.45) is 0 Å². The van der Waals surface area contributed by atoms with Crippen molar-refractivity contribution in [3.05, 3.63) is 0 Å². The number of rotatable bonds is 2.